The Bertz CT molecular complexity index is 481. The van der Waals surface area contributed by atoms with Gasteiger partial charge in [-0.3, -0.25) is 4.79 Å². The van der Waals surface area contributed by atoms with Gasteiger partial charge in [0.25, 0.3) is 0 Å². The van der Waals surface area contributed by atoms with Crippen LogP contribution in [0.2, 0.25) is 0 Å². The highest BCUT2D eigenvalue weighted by Gasteiger charge is 2.54. The lowest BCUT2D eigenvalue weighted by molar-refractivity contribution is -0.138. The molecule has 2 aliphatic rings. The van der Waals surface area contributed by atoms with Crippen LogP contribution in [0.3, 0.4) is 0 Å². The van der Waals surface area contributed by atoms with Crippen LogP contribution in [0, 0.1) is 5.92 Å². The first-order valence-corrected chi connectivity index (χ1v) is 7.76. The Hall–Kier alpha value is -1.35. The maximum Gasteiger partial charge on any atom is 0.233 e. The van der Waals surface area contributed by atoms with Gasteiger partial charge in [0, 0.05) is 19.1 Å². The van der Waals surface area contributed by atoms with Crippen molar-refractivity contribution >= 4 is 5.91 Å². The summed E-state index contributed by atoms with van der Waals surface area (Å²) in [4.78, 5) is 15.1. The summed E-state index contributed by atoms with van der Waals surface area (Å²) in [7, 11) is 0. The minimum absolute atomic E-state index is 0.220. The molecule has 1 saturated carbocycles. The lowest BCUT2D eigenvalue weighted by atomic mass is 9.87. The van der Waals surface area contributed by atoms with E-state index >= 15 is 0 Å². The summed E-state index contributed by atoms with van der Waals surface area (Å²) in [6.45, 7) is 3.68. The van der Waals surface area contributed by atoms with Crippen LogP contribution in [0.25, 0.3) is 0 Å². The minimum atomic E-state index is -0.244. The van der Waals surface area contributed by atoms with Gasteiger partial charge in [-0.25, -0.2) is 0 Å². The Labute approximate surface area is 121 Å². The second-order valence-electron chi connectivity index (χ2n) is 6.37. The van der Waals surface area contributed by atoms with Gasteiger partial charge in [-0.2, -0.15) is 0 Å². The van der Waals surface area contributed by atoms with Crippen molar-refractivity contribution < 1.29 is 4.79 Å². The molecular formula is C17H24N2O. The van der Waals surface area contributed by atoms with Crippen molar-refractivity contribution in [3.63, 3.8) is 0 Å². The summed E-state index contributed by atoms with van der Waals surface area (Å²) < 4.78 is 0. The van der Waals surface area contributed by atoms with Crippen molar-refractivity contribution in [2.45, 2.75) is 44.1 Å². The fourth-order valence-electron chi connectivity index (χ4n) is 3.64. The molecule has 0 aromatic heterocycles. The first-order chi connectivity index (χ1) is 9.69. The molecule has 1 aliphatic heterocycles. The largest absolute Gasteiger partial charge is 0.337 e. The lowest BCUT2D eigenvalue weighted by Gasteiger charge is -2.41. The highest BCUT2D eigenvalue weighted by Crippen LogP contribution is 2.50. The van der Waals surface area contributed by atoms with Crippen molar-refractivity contribution in [2.75, 3.05) is 13.1 Å². The van der Waals surface area contributed by atoms with Crippen LogP contribution in [0.4, 0.5) is 0 Å². The maximum absolute atomic E-state index is 13.1. The Morgan fingerprint density at radius 3 is 2.65 bits per heavy atom. The van der Waals surface area contributed by atoms with Crippen molar-refractivity contribution in [1.82, 2.24) is 4.90 Å². The van der Waals surface area contributed by atoms with Crippen molar-refractivity contribution in [3.8, 4) is 0 Å². The Morgan fingerprint density at radius 2 is 2.05 bits per heavy atom. The molecule has 1 aromatic rings. The van der Waals surface area contributed by atoms with E-state index in [1.165, 1.54) is 12.0 Å². The average molecular weight is 272 g/mol. The number of likely N-dealkylation sites (tertiary alicyclic amines) is 1. The van der Waals surface area contributed by atoms with Gasteiger partial charge in [0.1, 0.15) is 0 Å². The smallest absolute Gasteiger partial charge is 0.233 e. The van der Waals surface area contributed by atoms with Crippen LogP contribution in [0.15, 0.2) is 30.3 Å². The molecule has 2 fully saturated rings. The molecule has 1 saturated heterocycles. The number of hydrogen-bond donors (Lipinski definition) is 1. The van der Waals surface area contributed by atoms with E-state index < -0.39 is 0 Å². The lowest BCUT2D eigenvalue weighted by Crippen LogP contribution is -2.54. The van der Waals surface area contributed by atoms with E-state index in [9.17, 15) is 4.79 Å². The number of hydrogen-bond acceptors (Lipinski definition) is 2. The average Bonchev–Trinajstić information content (AvgIpc) is 3.29. The number of rotatable bonds is 3. The number of piperidine rings is 1. The van der Waals surface area contributed by atoms with Crippen LogP contribution in [0.1, 0.15) is 38.2 Å². The molecule has 0 spiro atoms. The van der Waals surface area contributed by atoms with Gasteiger partial charge >= 0.3 is 0 Å². The SMILES string of the molecule is CC1CCCN(C(=O)C2(c3ccccc3)CC2)C1CN. The van der Waals surface area contributed by atoms with E-state index in [-0.39, 0.29) is 11.5 Å². The number of nitrogens with zero attached hydrogens (tertiary/aromatic N) is 1. The summed E-state index contributed by atoms with van der Waals surface area (Å²) >= 11 is 0. The number of benzene rings is 1. The van der Waals surface area contributed by atoms with E-state index in [0.29, 0.717) is 18.4 Å². The summed E-state index contributed by atoms with van der Waals surface area (Å²) in [5.74, 6) is 0.829. The zero-order chi connectivity index (χ0) is 14.2. The van der Waals surface area contributed by atoms with E-state index in [1.807, 2.05) is 18.2 Å². The van der Waals surface area contributed by atoms with Crippen LogP contribution in [-0.4, -0.2) is 29.9 Å². The summed E-state index contributed by atoms with van der Waals surface area (Å²) in [5, 5.41) is 0. The molecule has 2 unspecified atom stereocenters. The van der Waals surface area contributed by atoms with Gasteiger partial charge in [0.2, 0.25) is 5.91 Å². The quantitative estimate of drug-likeness (QED) is 0.917. The summed E-state index contributed by atoms with van der Waals surface area (Å²) in [6, 6.07) is 10.5. The predicted octanol–water partition coefficient (Wildman–Crippen LogP) is 2.30. The van der Waals surface area contributed by atoms with E-state index in [2.05, 4.69) is 24.0 Å². The molecule has 3 rings (SSSR count). The molecule has 3 heteroatoms. The molecule has 0 radical (unpaired) electrons. The van der Waals surface area contributed by atoms with Gasteiger partial charge in [0.15, 0.2) is 0 Å². The van der Waals surface area contributed by atoms with Gasteiger partial charge in [-0.1, -0.05) is 37.3 Å². The Balaban J connectivity index is 1.85. The van der Waals surface area contributed by atoms with Crippen LogP contribution in [-0.2, 0) is 10.2 Å². The Morgan fingerprint density at radius 1 is 1.35 bits per heavy atom. The van der Waals surface area contributed by atoms with Gasteiger partial charge < -0.3 is 10.6 Å². The monoisotopic (exact) mass is 272 g/mol. The minimum Gasteiger partial charge on any atom is -0.337 e. The Kier molecular flexibility index (Phi) is 3.55. The molecule has 1 aromatic carbocycles. The molecule has 1 aliphatic carbocycles. The zero-order valence-electron chi connectivity index (χ0n) is 12.2. The molecule has 1 amide bonds. The molecule has 108 valence electrons. The highest BCUT2D eigenvalue weighted by molar-refractivity contribution is 5.91. The normalized spacial score (nSPS) is 28.2. The third-order valence-corrected chi connectivity index (χ3v) is 5.10. The van der Waals surface area contributed by atoms with Gasteiger partial charge in [0.05, 0.1) is 5.41 Å². The van der Waals surface area contributed by atoms with Crippen molar-refractivity contribution in [3.05, 3.63) is 35.9 Å². The molecule has 2 atom stereocenters. The molecular weight excluding hydrogens is 248 g/mol. The standard InChI is InChI=1S/C17H24N2O/c1-13-6-5-11-19(15(13)12-18)16(20)17(9-10-17)14-7-3-2-4-8-14/h2-4,7-8,13,15H,5-6,9-12,18H2,1H3. The van der Waals surface area contributed by atoms with Crippen molar-refractivity contribution in [2.24, 2.45) is 11.7 Å². The van der Waals surface area contributed by atoms with Gasteiger partial charge in [-0.05, 0) is 37.2 Å². The second kappa shape index (κ2) is 5.21. The number of amides is 1. The van der Waals surface area contributed by atoms with Crippen LogP contribution < -0.4 is 5.73 Å². The zero-order valence-corrected chi connectivity index (χ0v) is 12.2. The second-order valence-corrected chi connectivity index (χ2v) is 6.37. The number of nitrogens with two attached hydrogens (primary N) is 1. The summed E-state index contributed by atoms with van der Waals surface area (Å²) in [5.41, 5.74) is 6.87. The topological polar surface area (TPSA) is 46.3 Å². The van der Waals surface area contributed by atoms with Crippen LogP contribution in [0.5, 0.6) is 0 Å². The first kappa shape index (κ1) is 13.6. The predicted molar refractivity (Wildman–Crippen MR) is 80.3 cm³/mol. The van der Waals surface area contributed by atoms with E-state index in [0.717, 1.165) is 25.8 Å². The van der Waals surface area contributed by atoms with Crippen molar-refractivity contribution in [1.29, 1.82) is 0 Å². The third kappa shape index (κ3) is 2.14. The van der Waals surface area contributed by atoms with E-state index in [4.69, 9.17) is 5.73 Å². The first-order valence-electron chi connectivity index (χ1n) is 7.76. The molecule has 2 N–H and O–H groups in total. The van der Waals surface area contributed by atoms with Gasteiger partial charge in [-0.15, -0.1) is 0 Å². The van der Waals surface area contributed by atoms with Crippen LogP contribution >= 0.6 is 0 Å². The molecule has 20 heavy (non-hydrogen) atoms. The number of carbonyl (C=O) groups is 1. The number of carbonyl (C=O) groups excluding carboxylic acids is 1. The fraction of sp³-hybridized carbons (Fsp3) is 0.588. The summed E-state index contributed by atoms with van der Waals surface area (Å²) in [6.07, 6.45) is 4.26. The maximum atomic E-state index is 13.1. The third-order valence-electron chi connectivity index (χ3n) is 5.10. The fourth-order valence-corrected chi connectivity index (χ4v) is 3.64. The highest BCUT2D eigenvalue weighted by atomic mass is 16.2. The molecule has 0 bridgehead atoms. The molecule has 1 heterocycles. The molecule has 3 nitrogen and oxygen atoms in total. The van der Waals surface area contributed by atoms with E-state index in [1.54, 1.807) is 0 Å².